The van der Waals surface area contributed by atoms with E-state index in [-0.39, 0.29) is 12.5 Å². The molecule has 0 bridgehead atoms. The highest BCUT2D eigenvalue weighted by atomic mass is 35.5. The number of hydrazone groups is 1. The summed E-state index contributed by atoms with van der Waals surface area (Å²) in [4.78, 5) is 12.6. The summed E-state index contributed by atoms with van der Waals surface area (Å²) in [6.45, 7) is 1.68. The van der Waals surface area contributed by atoms with Crippen LogP contribution in [0.25, 0.3) is 0 Å². The average molecular weight is 339 g/mol. The zero-order chi connectivity index (χ0) is 15.9. The van der Waals surface area contributed by atoms with Crippen molar-refractivity contribution in [1.82, 2.24) is 5.43 Å². The fourth-order valence-electron chi connectivity index (χ4n) is 1.56. The first-order valence-electron chi connectivity index (χ1n) is 6.44. The number of nitrogens with one attached hydrogen (secondary N) is 1. The molecule has 1 aromatic heterocycles. The van der Waals surface area contributed by atoms with E-state index in [0.29, 0.717) is 15.8 Å². The fraction of sp³-hybridized carbons (Fsp3) is 0.200. The van der Waals surface area contributed by atoms with Crippen LogP contribution in [0.3, 0.4) is 0 Å². The summed E-state index contributed by atoms with van der Waals surface area (Å²) in [6.07, 6.45) is 0. The molecule has 0 aliphatic carbocycles. The van der Waals surface area contributed by atoms with Gasteiger partial charge in [0, 0.05) is 0 Å². The van der Waals surface area contributed by atoms with Crippen LogP contribution in [-0.4, -0.2) is 25.3 Å². The second-order valence-electron chi connectivity index (χ2n) is 4.30. The predicted octanol–water partition coefficient (Wildman–Crippen LogP) is 3.33. The van der Waals surface area contributed by atoms with Crippen LogP contribution in [0.1, 0.15) is 11.8 Å². The Labute approximate surface area is 137 Å². The summed E-state index contributed by atoms with van der Waals surface area (Å²) < 4.78 is 11.1. The highest BCUT2D eigenvalue weighted by Gasteiger charge is 2.05. The Kier molecular flexibility index (Phi) is 5.80. The number of hydrogen-bond donors (Lipinski definition) is 1. The number of carbonyl (C=O) groups excluding carboxylic acids is 1. The number of amides is 1. The van der Waals surface area contributed by atoms with E-state index in [0.717, 1.165) is 10.6 Å². The molecule has 1 amide bonds. The number of thiophene rings is 1. The van der Waals surface area contributed by atoms with Crippen molar-refractivity contribution in [3.8, 4) is 11.5 Å². The second-order valence-corrected chi connectivity index (χ2v) is 6.02. The van der Waals surface area contributed by atoms with E-state index in [2.05, 4.69) is 10.5 Å². The molecule has 0 spiro atoms. The SMILES string of the molecule is COc1ccc(OCC(=O)NN=C(C)c2ccc(Cl)s2)cc1. The van der Waals surface area contributed by atoms with Crippen molar-refractivity contribution in [2.45, 2.75) is 6.92 Å². The molecular formula is C15H15ClN2O3S. The minimum atomic E-state index is -0.335. The first-order valence-corrected chi connectivity index (χ1v) is 7.63. The van der Waals surface area contributed by atoms with Crippen molar-refractivity contribution in [2.75, 3.05) is 13.7 Å². The van der Waals surface area contributed by atoms with Crippen molar-refractivity contribution in [1.29, 1.82) is 0 Å². The van der Waals surface area contributed by atoms with E-state index >= 15 is 0 Å². The third kappa shape index (κ3) is 4.75. The van der Waals surface area contributed by atoms with Gasteiger partial charge in [-0.3, -0.25) is 4.79 Å². The lowest BCUT2D eigenvalue weighted by molar-refractivity contribution is -0.123. The van der Waals surface area contributed by atoms with Gasteiger partial charge in [0.2, 0.25) is 0 Å². The standard InChI is InChI=1S/C15H15ClN2O3S/c1-10(13-7-8-14(16)22-13)17-18-15(19)9-21-12-5-3-11(20-2)4-6-12/h3-8H,9H2,1-2H3,(H,18,19). The number of methoxy groups -OCH3 is 1. The first kappa shape index (κ1) is 16.3. The Morgan fingerprint density at radius 1 is 1.23 bits per heavy atom. The van der Waals surface area contributed by atoms with Crippen molar-refractivity contribution >= 4 is 34.6 Å². The lowest BCUT2D eigenvalue weighted by atomic mass is 10.3. The van der Waals surface area contributed by atoms with Crippen LogP contribution in [0.4, 0.5) is 0 Å². The van der Waals surface area contributed by atoms with Gasteiger partial charge in [0.1, 0.15) is 11.5 Å². The Morgan fingerprint density at radius 3 is 2.50 bits per heavy atom. The van der Waals surface area contributed by atoms with Crippen molar-refractivity contribution < 1.29 is 14.3 Å². The molecule has 7 heteroatoms. The van der Waals surface area contributed by atoms with Crippen molar-refractivity contribution in [3.05, 3.63) is 45.6 Å². The molecule has 0 saturated carbocycles. The summed E-state index contributed by atoms with van der Waals surface area (Å²) in [5, 5.41) is 4.02. The summed E-state index contributed by atoms with van der Waals surface area (Å²) in [7, 11) is 1.59. The molecule has 1 aromatic carbocycles. The topological polar surface area (TPSA) is 59.9 Å². The second kappa shape index (κ2) is 7.82. The van der Waals surface area contributed by atoms with Crippen molar-refractivity contribution in [2.24, 2.45) is 5.10 Å². The van der Waals surface area contributed by atoms with Crippen LogP contribution in [0.15, 0.2) is 41.5 Å². The van der Waals surface area contributed by atoms with Gasteiger partial charge in [-0.05, 0) is 43.3 Å². The minimum Gasteiger partial charge on any atom is -0.497 e. The number of hydrogen-bond acceptors (Lipinski definition) is 5. The number of carbonyl (C=O) groups is 1. The molecular weight excluding hydrogens is 324 g/mol. The third-order valence-electron chi connectivity index (χ3n) is 2.71. The Bertz CT molecular complexity index is 668. The van der Waals surface area contributed by atoms with Gasteiger partial charge in [-0.25, -0.2) is 5.43 Å². The zero-order valence-corrected chi connectivity index (χ0v) is 13.7. The highest BCUT2D eigenvalue weighted by Crippen LogP contribution is 2.21. The van der Waals surface area contributed by atoms with Gasteiger partial charge in [0.05, 0.1) is 22.0 Å². The van der Waals surface area contributed by atoms with Crippen LogP contribution < -0.4 is 14.9 Å². The van der Waals surface area contributed by atoms with E-state index < -0.39 is 0 Å². The summed E-state index contributed by atoms with van der Waals surface area (Å²) >= 11 is 7.26. The minimum absolute atomic E-state index is 0.117. The van der Waals surface area contributed by atoms with Crippen LogP contribution >= 0.6 is 22.9 Å². The average Bonchev–Trinajstić information content (AvgIpc) is 2.97. The third-order valence-corrected chi connectivity index (χ3v) is 4.05. The molecule has 0 fully saturated rings. The van der Waals surface area contributed by atoms with Crippen LogP contribution in [0, 0.1) is 0 Å². The number of benzene rings is 1. The molecule has 116 valence electrons. The van der Waals surface area contributed by atoms with Crippen LogP contribution in [-0.2, 0) is 4.79 Å². The molecule has 1 heterocycles. The summed E-state index contributed by atoms with van der Waals surface area (Å²) in [5.41, 5.74) is 3.14. The van der Waals surface area contributed by atoms with E-state index in [1.165, 1.54) is 11.3 Å². The normalized spacial score (nSPS) is 11.1. The molecule has 22 heavy (non-hydrogen) atoms. The zero-order valence-electron chi connectivity index (χ0n) is 12.1. The van der Waals surface area contributed by atoms with Crippen molar-refractivity contribution in [3.63, 3.8) is 0 Å². The molecule has 5 nitrogen and oxygen atoms in total. The molecule has 0 saturated heterocycles. The quantitative estimate of drug-likeness (QED) is 0.649. The number of nitrogens with zero attached hydrogens (tertiary/aromatic N) is 1. The number of halogens is 1. The molecule has 0 unspecified atom stereocenters. The monoisotopic (exact) mass is 338 g/mol. The van der Waals surface area contributed by atoms with Gasteiger partial charge in [0.25, 0.3) is 5.91 Å². The molecule has 0 aliphatic rings. The molecule has 2 rings (SSSR count). The van der Waals surface area contributed by atoms with E-state index in [1.807, 2.05) is 6.07 Å². The van der Waals surface area contributed by atoms with Crippen LogP contribution in [0.2, 0.25) is 4.34 Å². The number of rotatable bonds is 6. The van der Waals surface area contributed by atoms with E-state index in [1.54, 1.807) is 44.4 Å². The largest absolute Gasteiger partial charge is 0.497 e. The predicted molar refractivity (Wildman–Crippen MR) is 88.2 cm³/mol. The summed E-state index contributed by atoms with van der Waals surface area (Å²) in [5.74, 6) is 0.978. The van der Waals surface area contributed by atoms with Gasteiger partial charge >= 0.3 is 0 Å². The van der Waals surface area contributed by atoms with Crippen LogP contribution in [0.5, 0.6) is 11.5 Å². The number of ether oxygens (including phenoxy) is 2. The smallest absolute Gasteiger partial charge is 0.277 e. The lowest BCUT2D eigenvalue weighted by Gasteiger charge is -2.06. The summed E-state index contributed by atoms with van der Waals surface area (Å²) in [6, 6.07) is 10.6. The maximum atomic E-state index is 11.7. The molecule has 0 aliphatic heterocycles. The Morgan fingerprint density at radius 2 is 1.91 bits per heavy atom. The molecule has 2 aromatic rings. The van der Waals surface area contributed by atoms with E-state index in [4.69, 9.17) is 21.1 Å². The lowest BCUT2D eigenvalue weighted by Crippen LogP contribution is -2.25. The Balaban J connectivity index is 1.82. The van der Waals surface area contributed by atoms with Gasteiger partial charge in [0.15, 0.2) is 6.61 Å². The van der Waals surface area contributed by atoms with Gasteiger partial charge in [-0.1, -0.05) is 11.6 Å². The maximum Gasteiger partial charge on any atom is 0.277 e. The highest BCUT2D eigenvalue weighted by molar-refractivity contribution is 7.18. The Hall–Kier alpha value is -2.05. The molecule has 0 radical (unpaired) electrons. The van der Waals surface area contributed by atoms with Gasteiger partial charge in [-0.2, -0.15) is 5.10 Å². The molecule has 1 N–H and O–H groups in total. The maximum absolute atomic E-state index is 11.7. The fourth-order valence-corrected chi connectivity index (χ4v) is 2.55. The van der Waals surface area contributed by atoms with E-state index in [9.17, 15) is 4.79 Å². The van der Waals surface area contributed by atoms with Gasteiger partial charge in [-0.15, -0.1) is 11.3 Å². The van der Waals surface area contributed by atoms with Gasteiger partial charge < -0.3 is 9.47 Å². The molecule has 0 atom stereocenters. The first-order chi connectivity index (χ1) is 10.6.